The van der Waals surface area contributed by atoms with Crippen molar-refractivity contribution in [1.82, 2.24) is 29.9 Å². The first-order valence-electron chi connectivity index (χ1n) is 60.5. The van der Waals surface area contributed by atoms with Crippen LogP contribution in [0.15, 0.2) is 311 Å². The van der Waals surface area contributed by atoms with E-state index in [9.17, 15) is 4.11 Å². The van der Waals surface area contributed by atoms with Gasteiger partial charge in [-0.1, -0.05) is 271 Å². The predicted molar refractivity (Wildman–Crippen MR) is 577 cm³/mol. The van der Waals surface area contributed by atoms with Crippen LogP contribution in [0, 0.1) is 113 Å². The monoisotopic (exact) mass is 2420 g/mol. The Morgan fingerprint density at radius 2 is 0.669 bits per heavy atom. The van der Waals surface area contributed by atoms with Gasteiger partial charge in [0.1, 0.15) is 16.7 Å². The average Bonchev–Trinajstić information content (AvgIpc) is 1.67. The van der Waals surface area contributed by atoms with Crippen LogP contribution in [0.4, 0.5) is 0 Å². The van der Waals surface area contributed by atoms with E-state index < -0.39 is 72.5 Å². The van der Waals surface area contributed by atoms with Crippen molar-refractivity contribution in [3.8, 4) is 67.5 Å². The van der Waals surface area contributed by atoms with Crippen molar-refractivity contribution in [3.05, 3.63) is 396 Å². The van der Waals surface area contributed by atoms with Crippen LogP contribution in [-0.2, 0) is 60.3 Å². The third-order valence-corrected chi connectivity index (χ3v) is 26.8. The van der Waals surface area contributed by atoms with Crippen LogP contribution in [-0.4, -0.2) is 29.9 Å². The van der Waals surface area contributed by atoms with Gasteiger partial charge < -0.3 is 43.2 Å². The third kappa shape index (κ3) is 23.0. The van der Waals surface area contributed by atoms with Crippen molar-refractivity contribution < 1.29 is 111 Å². The van der Waals surface area contributed by atoms with Gasteiger partial charge in [0, 0.05) is 167 Å². The number of aromatic nitrogens is 6. The number of rotatable bonds is 9. The molecule has 9 nitrogen and oxygen atoms in total. The zero-order valence-electron chi connectivity index (χ0n) is 107. The summed E-state index contributed by atoms with van der Waals surface area (Å²) in [6.45, 7) is -0.510. The summed E-state index contributed by atoms with van der Waals surface area (Å²) in [6.07, 6.45) is 17.3. The molecule has 0 amide bonds. The summed E-state index contributed by atoms with van der Waals surface area (Å²) in [7, 11) is 0. The normalized spacial score (nSPS) is 19.0. The molecule has 0 unspecified atom stereocenters. The second kappa shape index (κ2) is 43.9. The van der Waals surface area contributed by atoms with Gasteiger partial charge in [-0.3, -0.25) is 0 Å². The maximum atomic E-state index is 9.51. The van der Waals surface area contributed by atoms with Crippen LogP contribution in [0.1, 0.15) is 242 Å². The van der Waals surface area contributed by atoms with Crippen LogP contribution < -0.4 is 0 Å². The van der Waals surface area contributed by atoms with Gasteiger partial charge in [-0.15, -0.1) is 161 Å². The molecule has 3 fully saturated rings. The second-order valence-corrected chi connectivity index (χ2v) is 39.5. The summed E-state index contributed by atoms with van der Waals surface area (Å²) in [5, 5.41) is 12.7. The van der Waals surface area contributed by atoms with Gasteiger partial charge in [-0.25, -0.2) is 0 Å². The van der Waals surface area contributed by atoms with Gasteiger partial charge in [-0.05, 0) is 246 Å². The maximum absolute atomic E-state index is 9.51. The Morgan fingerprint density at radius 1 is 0.289 bits per heavy atom. The standard InChI is InChI=1S/C31H30NO.2C30H28NO.C14H14N.C13H12N.C12H10N.3Ir/c1-30(2)17-22(18-31(3,4)19-30)21-14-15-32-27(16-21)26-11-7-10-24-25-13-12-20-8-5-6-9-23(20)28(25)33-29(24)26;2*1-19-18-31-27(17-26(19)21-13-15-30(2,3)16-14-21)25-10-6-9-23-24-12-11-20-7-4-5-8-22(20)28(24)32-29(23)25;1-10-4-6-13(7-5-10)14-8-11(2)12(3)9-15-14;1-10-3-6-12(7-4-10)13-8-5-11(2)9-14-13;1-10-7-8-12(13-9-10)11-5-3-2-4-6-11;;;/h5-10,12-16,22H,17-19H2,1-4H3;2*4-9,11-12,17-18,21H,13-16H2,1-3H3;4-6,8-9H,1-3H3;3-6,8-9H,1-2H3;2-5,7-9H,1H3;;;/q6*-1;;;/i22D;2*1D3,21D;1D3,2D3,3D3;1D3,2D3;1D3;;;. The Morgan fingerprint density at radius 3 is 1.06 bits per heavy atom. The summed E-state index contributed by atoms with van der Waals surface area (Å²) in [6, 6.07) is 99.0. The number of benzene rings is 12. The van der Waals surface area contributed by atoms with E-state index in [1.807, 2.05) is 103 Å². The van der Waals surface area contributed by atoms with Crippen LogP contribution in [0.5, 0.6) is 0 Å². The van der Waals surface area contributed by atoms with Crippen LogP contribution in [0.25, 0.3) is 166 Å². The smallest absolute Gasteiger partial charge is 0.128 e. The maximum Gasteiger partial charge on any atom is 0.128 e. The molecule has 3 radical (unpaired) electrons. The van der Waals surface area contributed by atoms with Gasteiger partial charge in [0.15, 0.2) is 0 Å². The van der Waals surface area contributed by atoms with E-state index in [0.717, 1.165) is 161 Å². The largest absolute Gasteiger partial charge is 0.500 e. The summed E-state index contributed by atoms with van der Waals surface area (Å²) >= 11 is 0. The Kier molecular flexibility index (Phi) is 22.5. The fourth-order valence-electron chi connectivity index (χ4n) is 19.8. The van der Waals surface area contributed by atoms with Crippen LogP contribution in [0.3, 0.4) is 0 Å². The number of hydrogen-bond donors (Lipinski definition) is 0. The summed E-state index contributed by atoms with van der Waals surface area (Å²) < 4.78 is 229. The van der Waals surface area contributed by atoms with Crippen molar-refractivity contribution in [2.45, 2.75) is 199 Å². The molecule has 0 atom stereocenters. The van der Waals surface area contributed by atoms with Crippen LogP contribution >= 0.6 is 0 Å². The zero-order valence-corrected chi connectivity index (χ0v) is 87.2. The van der Waals surface area contributed by atoms with Gasteiger partial charge >= 0.3 is 0 Å². The van der Waals surface area contributed by atoms with E-state index in [0.29, 0.717) is 87.3 Å². The van der Waals surface area contributed by atoms with E-state index in [4.69, 9.17) is 51.1 Å². The zero-order chi connectivity index (χ0) is 119. The first-order valence-corrected chi connectivity index (χ1v) is 47.0. The summed E-state index contributed by atoms with van der Waals surface area (Å²) in [5.74, 6) is -2.56. The quantitative estimate of drug-likeness (QED) is 0.130. The fraction of sp³-hybridized carbons (Fsp3) is 0.262. The minimum absolute atomic E-state index is 0. The van der Waals surface area contributed by atoms with Gasteiger partial charge in [0.2, 0.25) is 0 Å². The number of hydrogen-bond acceptors (Lipinski definition) is 9. The van der Waals surface area contributed by atoms with E-state index >= 15 is 0 Å². The Hall–Kier alpha value is -12.3. The number of aryl methyl sites for hydroxylation is 8. The third-order valence-electron chi connectivity index (χ3n) is 26.8. The van der Waals surface area contributed by atoms with E-state index in [2.05, 4.69) is 208 Å². The SMILES string of the molecule is [2H]C([2H])([2H])c1c[c-]c(-c2cc(C([2H])([2H])[2H])c(C([2H])([2H])[2H])cn2)cc1.[2H]C([2H])([2H])c1c[c-]c(-c2ccc(C([2H])([2H])[2H])cn2)cc1.[2H]C([2H])([2H])c1ccc(-c2[c-]cccc2)nc1.[2H]C([2H])([2H])c1cnc(-c2[c-]ccc3c2oc2c4ccccc4ccc32)cc1C1([2H])CCC(C)(C)CC1.[2H]C([2H])([2H])c1cnc(-c2[c-]ccc3c2oc2c4ccccc4ccc32)cc1C1([2H])CCC(C)(C)CC1.[2H]C1(c2ccnc(-c3[c-]ccc4c3oc3c5ccccc5ccc43)c2)CC(C)(C)CC(C)(C)C1.[Ir].[Ir].[Ir]. The number of furan rings is 3. The molecular formula is C130H122Ir3N6O3-6. The number of pyridine rings is 6. The van der Waals surface area contributed by atoms with E-state index in [1.165, 1.54) is 72.6 Å². The molecule has 3 saturated carbocycles. The minimum Gasteiger partial charge on any atom is -0.500 e. The van der Waals surface area contributed by atoms with E-state index in [-0.39, 0.29) is 132 Å². The van der Waals surface area contributed by atoms with Crippen LogP contribution in [0.2, 0.25) is 0 Å². The summed E-state index contributed by atoms with van der Waals surface area (Å²) in [4.78, 5) is 26.1. The Balaban J connectivity index is 0.000000144. The topological polar surface area (TPSA) is 117 Å². The van der Waals surface area contributed by atoms with Gasteiger partial charge in [0.05, 0.1) is 16.7 Å². The van der Waals surface area contributed by atoms with E-state index in [1.54, 1.807) is 30.3 Å². The molecule has 12 heteroatoms. The number of fused-ring (bicyclic) bond motifs is 15. The van der Waals surface area contributed by atoms with Gasteiger partial charge in [0.25, 0.3) is 0 Å². The Bertz CT molecular complexity index is 8910. The molecular weight excluding hydrogens is 2270 g/mol. The number of nitrogens with zero attached hydrogens (tertiary/aromatic N) is 6. The molecule has 0 saturated heterocycles. The van der Waals surface area contributed by atoms with Crippen molar-refractivity contribution >= 4 is 98.1 Å². The average molecular weight is 2420 g/mol. The molecule has 3 aliphatic carbocycles. The molecule has 0 N–H and O–H groups in total. The molecule has 9 heterocycles. The first kappa shape index (κ1) is 72.8. The molecule has 142 heavy (non-hydrogen) atoms. The van der Waals surface area contributed by atoms with Crippen molar-refractivity contribution in [3.63, 3.8) is 0 Å². The molecule has 24 rings (SSSR count). The Labute approximate surface area is 916 Å². The fourth-order valence-corrected chi connectivity index (χ4v) is 19.8. The second-order valence-electron chi connectivity index (χ2n) is 39.5. The molecule has 723 valence electrons. The molecule has 0 aliphatic heterocycles. The molecule has 21 aromatic rings. The molecule has 0 bridgehead atoms. The molecule has 3 aliphatic rings. The van der Waals surface area contributed by atoms with Crippen molar-refractivity contribution in [2.24, 2.45) is 21.7 Å². The molecule has 9 aromatic heterocycles. The summed E-state index contributed by atoms with van der Waals surface area (Å²) in [5.41, 5.74) is 15.4. The predicted octanol–water partition coefficient (Wildman–Crippen LogP) is 35.6. The molecule has 12 aromatic carbocycles. The first-order chi connectivity index (χ1) is 77.8. The molecule has 0 spiro atoms. The van der Waals surface area contributed by atoms with Crippen molar-refractivity contribution in [2.75, 3.05) is 0 Å². The van der Waals surface area contributed by atoms with Gasteiger partial charge in [-0.2, -0.15) is 0 Å². The minimum atomic E-state index is -2.61. The van der Waals surface area contributed by atoms with Crippen molar-refractivity contribution in [1.29, 1.82) is 0 Å².